The number of hydrogen-bond donors (Lipinski definition) is 1. The molecule has 1 aliphatic heterocycles. The zero-order valence-corrected chi connectivity index (χ0v) is 24.9. The van der Waals surface area contributed by atoms with E-state index in [0.29, 0.717) is 41.5 Å². The highest BCUT2D eigenvalue weighted by molar-refractivity contribution is 6.08. The van der Waals surface area contributed by atoms with Crippen LogP contribution in [0.25, 0.3) is 22.5 Å². The van der Waals surface area contributed by atoms with E-state index in [-0.39, 0.29) is 5.78 Å². The number of benzene rings is 3. The lowest BCUT2D eigenvalue weighted by Gasteiger charge is -2.09. The highest BCUT2D eigenvalue weighted by Gasteiger charge is 2.31. The summed E-state index contributed by atoms with van der Waals surface area (Å²) < 4.78 is 17.3. The average molecular weight is 593 g/mol. The Labute approximate surface area is 254 Å². The van der Waals surface area contributed by atoms with Gasteiger partial charge in [-0.25, -0.2) is 4.98 Å². The van der Waals surface area contributed by atoms with Crippen molar-refractivity contribution in [2.45, 2.75) is 25.8 Å². The minimum atomic E-state index is -0.838. The van der Waals surface area contributed by atoms with Crippen LogP contribution in [0.1, 0.15) is 39.9 Å². The Bertz CT molecular complexity index is 1760. The first-order valence-electron chi connectivity index (χ1n) is 13.9. The van der Waals surface area contributed by atoms with E-state index in [9.17, 15) is 14.7 Å². The number of ether oxygens (including phenoxy) is 3. The van der Waals surface area contributed by atoms with Gasteiger partial charge in [-0.2, -0.15) is 0 Å². The van der Waals surface area contributed by atoms with Crippen molar-refractivity contribution >= 4 is 11.8 Å². The van der Waals surface area contributed by atoms with Gasteiger partial charge < -0.3 is 23.9 Å². The van der Waals surface area contributed by atoms with Gasteiger partial charge in [0.15, 0.2) is 0 Å². The number of methoxy groups -OCH3 is 3. The number of aryl methyl sites for hydroxylation is 1. The zero-order chi connectivity index (χ0) is 31.2. The Morgan fingerprint density at radius 1 is 0.727 bits per heavy atom. The van der Waals surface area contributed by atoms with E-state index in [2.05, 4.69) is 15.2 Å². The van der Waals surface area contributed by atoms with Crippen molar-refractivity contribution in [3.05, 3.63) is 108 Å². The molecule has 0 bridgehead atoms. The normalized spacial score (nSPS) is 13.3. The fourth-order valence-corrected chi connectivity index (χ4v) is 5.08. The van der Waals surface area contributed by atoms with Crippen molar-refractivity contribution in [2.75, 3.05) is 21.3 Å². The number of hydrogen-bond acceptors (Lipinski definition) is 8. The molecule has 2 aromatic heterocycles. The molecule has 0 saturated carbocycles. The second-order valence-corrected chi connectivity index (χ2v) is 10.0. The lowest BCUT2D eigenvalue weighted by molar-refractivity contribution is -0.138. The molecule has 44 heavy (non-hydrogen) atoms. The number of fused-ring (bicyclic) bond motifs is 1. The number of carboxylic acid groups (broad SMARTS) is 1. The van der Waals surface area contributed by atoms with E-state index < -0.39 is 11.9 Å². The van der Waals surface area contributed by atoms with Gasteiger partial charge in [0.2, 0.25) is 5.78 Å². The van der Waals surface area contributed by atoms with Crippen molar-refractivity contribution in [1.29, 1.82) is 0 Å². The maximum Gasteiger partial charge on any atom is 0.312 e. The molecule has 10 heteroatoms. The summed E-state index contributed by atoms with van der Waals surface area (Å²) in [5, 5.41) is 17.6. The van der Waals surface area contributed by atoms with Gasteiger partial charge in [-0.1, -0.05) is 0 Å². The first-order valence-corrected chi connectivity index (χ1v) is 13.9. The summed E-state index contributed by atoms with van der Waals surface area (Å²) in [6.45, 7) is 2.40. The van der Waals surface area contributed by atoms with Gasteiger partial charge in [-0.05, 0) is 98.3 Å². The van der Waals surface area contributed by atoms with E-state index in [1.807, 2.05) is 60.0 Å². The van der Waals surface area contributed by atoms with Crippen LogP contribution >= 0.6 is 0 Å². The summed E-state index contributed by atoms with van der Waals surface area (Å²) in [7, 11) is 4.86. The maximum absolute atomic E-state index is 12.5. The molecule has 224 valence electrons. The molecule has 0 amide bonds. The Kier molecular flexibility index (Phi) is 8.99. The van der Waals surface area contributed by atoms with Gasteiger partial charge in [0.25, 0.3) is 0 Å². The van der Waals surface area contributed by atoms with E-state index in [1.54, 1.807) is 57.7 Å². The summed E-state index contributed by atoms with van der Waals surface area (Å²) >= 11 is 0. The predicted molar refractivity (Wildman–Crippen MR) is 164 cm³/mol. The summed E-state index contributed by atoms with van der Waals surface area (Å²) in [6, 6.07) is 25.8. The predicted octanol–water partition coefficient (Wildman–Crippen LogP) is 5.83. The molecule has 1 unspecified atom stereocenters. The summed E-state index contributed by atoms with van der Waals surface area (Å²) in [5.41, 5.74) is 5.26. The van der Waals surface area contributed by atoms with Crippen LogP contribution in [0.3, 0.4) is 0 Å². The number of carboxylic acids is 1. The van der Waals surface area contributed by atoms with Crippen molar-refractivity contribution in [3.63, 3.8) is 0 Å². The lowest BCUT2D eigenvalue weighted by Crippen LogP contribution is -2.10. The third kappa shape index (κ3) is 6.29. The van der Waals surface area contributed by atoms with Crippen molar-refractivity contribution in [1.82, 2.24) is 19.7 Å². The third-order valence-corrected chi connectivity index (χ3v) is 7.42. The molecular weight excluding hydrogens is 560 g/mol. The van der Waals surface area contributed by atoms with Crippen molar-refractivity contribution in [2.24, 2.45) is 0 Å². The molecule has 0 saturated heterocycles. The number of nitrogens with zero attached hydrogens (tertiary/aromatic N) is 4. The van der Waals surface area contributed by atoms with Crippen LogP contribution < -0.4 is 14.2 Å². The molecule has 0 spiro atoms. The van der Waals surface area contributed by atoms with Gasteiger partial charge in [-0.15, -0.1) is 10.2 Å². The van der Waals surface area contributed by atoms with Crippen LogP contribution in [0.5, 0.6) is 17.2 Å². The third-order valence-electron chi connectivity index (χ3n) is 7.42. The molecule has 6 rings (SSSR count). The molecule has 0 aliphatic carbocycles. The molecule has 0 radical (unpaired) electrons. The molecule has 1 aliphatic rings. The quantitative estimate of drug-likeness (QED) is 0.222. The number of aliphatic carboxylic acids is 1. The molecule has 1 N–H and O–H groups in total. The second-order valence-electron chi connectivity index (χ2n) is 10.0. The fraction of sp³-hybridized carbons (Fsp3) is 0.206. The van der Waals surface area contributed by atoms with Gasteiger partial charge in [-0.3, -0.25) is 9.59 Å². The summed E-state index contributed by atoms with van der Waals surface area (Å²) in [5.74, 6) is 1.48. The number of carbonyl (C=O) groups excluding carboxylic acids is 1. The minimum absolute atomic E-state index is 0.102. The molecule has 10 nitrogen and oxygen atoms in total. The molecule has 3 heterocycles. The number of rotatable bonds is 8. The van der Waals surface area contributed by atoms with Gasteiger partial charge in [0.1, 0.15) is 34.5 Å². The maximum atomic E-state index is 12.5. The topological polar surface area (TPSA) is 126 Å². The van der Waals surface area contributed by atoms with Crippen LogP contribution in [-0.4, -0.2) is 57.9 Å². The molecule has 1 atom stereocenters. The summed E-state index contributed by atoms with van der Waals surface area (Å²) in [6.07, 6.45) is 0.536. The lowest BCUT2D eigenvalue weighted by atomic mass is 10.0. The van der Waals surface area contributed by atoms with Crippen molar-refractivity contribution in [3.8, 4) is 39.8 Å². The van der Waals surface area contributed by atoms with Gasteiger partial charge in [0.05, 0.1) is 32.9 Å². The van der Waals surface area contributed by atoms with E-state index >= 15 is 0 Å². The number of aromatic nitrogens is 4. The van der Waals surface area contributed by atoms with Crippen LogP contribution in [0.2, 0.25) is 0 Å². The summed E-state index contributed by atoms with van der Waals surface area (Å²) in [4.78, 5) is 28.3. The SMILES string of the molecule is COc1ccc(-c2nnc(C)nc2-c2ccc(OC)cc2)cc1.COc1ccc(C(=O)c2ccc3n2CCC3C(=O)O)cc1. The Morgan fingerprint density at radius 2 is 1.25 bits per heavy atom. The van der Waals surface area contributed by atoms with E-state index in [1.165, 1.54) is 0 Å². The Hall–Kier alpha value is -5.51. The average Bonchev–Trinajstić information content (AvgIpc) is 3.68. The fourth-order valence-electron chi connectivity index (χ4n) is 5.08. The number of ketones is 1. The van der Waals surface area contributed by atoms with Crippen LogP contribution in [0.4, 0.5) is 0 Å². The van der Waals surface area contributed by atoms with E-state index in [4.69, 9.17) is 14.2 Å². The molecule has 3 aromatic carbocycles. The zero-order valence-electron chi connectivity index (χ0n) is 24.9. The second kappa shape index (κ2) is 13.2. The standard InChI is InChI=1S/C18H17N3O2.C16H15NO4/c1-12-19-17(13-4-8-15(22-2)9-5-13)18(21-20-12)14-6-10-16(23-3)11-7-14;1-21-11-4-2-10(3-5-11)15(18)14-7-6-13-12(16(19)20)8-9-17(13)14/h4-11H,1-3H3;2-7,12H,8-9H2,1H3,(H,19,20). The van der Waals surface area contributed by atoms with E-state index in [0.717, 1.165) is 34.0 Å². The first-order chi connectivity index (χ1) is 21.3. The smallest absolute Gasteiger partial charge is 0.312 e. The molecule has 5 aromatic rings. The monoisotopic (exact) mass is 592 g/mol. The van der Waals surface area contributed by atoms with Gasteiger partial charge >= 0.3 is 5.97 Å². The Morgan fingerprint density at radius 3 is 1.77 bits per heavy atom. The highest BCUT2D eigenvalue weighted by atomic mass is 16.5. The number of carbonyl (C=O) groups is 2. The van der Waals surface area contributed by atoms with Crippen molar-refractivity contribution < 1.29 is 28.9 Å². The van der Waals surface area contributed by atoms with Gasteiger partial charge in [0, 0.05) is 28.9 Å². The van der Waals surface area contributed by atoms with Crippen LogP contribution in [0.15, 0.2) is 84.9 Å². The highest BCUT2D eigenvalue weighted by Crippen LogP contribution is 2.32. The molecular formula is C34H32N4O6. The Balaban J connectivity index is 0.000000175. The van der Waals surface area contributed by atoms with Crippen LogP contribution in [0, 0.1) is 6.92 Å². The molecule has 0 fully saturated rings. The van der Waals surface area contributed by atoms with Crippen LogP contribution in [-0.2, 0) is 11.3 Å². The first kappa shape index (κ1) is 30.0. The largest absolute Gasteiger partial charge is 0.497 e. The minimum Gasteiger partial charge on any atom is -0.497 e.